The van der Waals surface area contributed by atoms with E-state index in [0.29, 0.717) is 24.2 Å². The number of ether oxygens (including phenoxy) is 1. The van der Waals surface area contributed by atoms with Crippen molar-refractivity contribution in [3.05, 3.63) is 29.6 Å². The van der Waals surface area contributed by atoms with Crippen molar-refractivity contribution in [1.29, 1.82) is 5.41 Å². The van der Waals surface area contributed by atoms with E-state index in [1.54, 1.807) is 33.2 Å². The summed E-state index contributed by atoms with van der Waals surface area (Å²) in [5, 5.41) is 17.3. The third-order valence-electron chi connectivity index (χ3n) is 3.48. The maximum atomic E-state index is 11.1. The molecular weight excluding hydrogens is 256 g/mol. The van der Waals surface area contributed by atoms with Crippen LogP contribution in [0.2, 0.25) is 0 Å². The molecule has 0 radical (unpaired) electrons. The number of aliphatic carboxylic acids is 1. The van der Waals surface area contributed by atoms with Crippen LogP contribution in [0.5, 0.6) is 0 Å². The first-order chi connectivity index (χ1) is 9.29. The number of carbonyl (C=O) groups is 1. The van der Waals surface area contributed by atoms with E-state index in [-0.39, 0.29) is 6.10 Å². The molecule has 0 aromatic carbocycles. The number of rotatable bonds is 7. The normalized spacial score (nSPS) is 13.0. The van der Waals surface area contributed by atoms with Crippen LogP contribution < -0.4 is 0 Å². The van der Waals surface area contributed by atoms with Gasteiger partial charge < -0.3 is 15.3 Å². The highest BCUT2D eigenvalue weighted by molar-refractivity contribution is 5.99. The van der Waals surface area contributed by atoms with Crippen LogP contribution in [0.3, 0.4) is 0 Å². The van der Waals surface area contributed by atoms with Gasteiger partial charge in [0.2, 0.25) is 0 Å². The first-order valence-corrected chi connectivity index (χ1v) is 6.58. The van der Waals surface area contributed by atoms with Crippen LogP contribution in [-0.2, 0) is 9.53 Å². The Morgan fingerprint density at radius 2 is 2.20 bits per heavy atom. The highest BCUT2D eigenvalue weighted by Gasteiger charge is 2.27. The molecule has 0 unspecified atom stereocenters. The number of carboxylic acid groups (broad SMARTS) is 1. The molecule has 1 aromatic heterocycles. The predicted molar refractivity (Wildman–Crippen MR) is 77.1 cm³/mol. The van der Waals surface area contributed by atoms with Crippen molar-refractivity contribution in [3.63, 3.8) is 0 Å². The van der Waals surface area contributed by atoms with Gasteiger partial charge in [0.25, 0.3) is 0 Å². The highest BCUT2D eigenvalue weighted by Crippen LogP contribution is 2.25. The first-order valence-electron chi connectivity index (χ1n) is 6.58. The van der Waals surface area contributed by atoms with Gasteiger partial charge in [0.15, 0.2) is 0 Å². The predicted octanol–water partition coefficient (Wildman–Crippen LogP) is 3.05. The van der Waals surface area contributed by atoms with Crippen LogP contribution in [0.25, 0.3) is 0 Å². The van der Waals surface area contributed by atoms with Crippen LogP contribution in [0.4, 0.5) is 0 Å². The molecule has 1 heterocycles. The first kappa shape index (κ1) is 16.3. The monoisotopic (exact) mass is 278 g/mol. The molecule has 0 saturated heterocycles. The Balaban J connectivity index is 2.86. The van der Waals surface area contributed by atoms with Crippen LogP contribution in [0.15, 0.2) is 18.3 Å². The number of methoxy groups -OCH3 is 1. The van der Waals surface area contributed by atoms with Crippen molar-refractivity contribution in [1.82, 2.24) is 4.98 Å². The van der Waals surface area contributed by atoms with E-state index in [9.17, 15) is 4.79 Å². The second-order valence-corrected chi connectivity index (χ2v) is 5.48. The van der Waals surface area contributed by atoms with Crippen LogP contribution in [0, 0.1) is 10.8 Å². The Labute approximate surface area is 119 Å². The number of nitrogens with zero attached hydrogens (tertiary/aromatic N) is 1. The van der Waals surface area contributed by atoms with Gasteiger partial charge in [-0.05, 0) is 45.7 Å². The molecule has 1 aromatic rings. The fourth-order valence-electron chi connectivity index (χ4n) is 1.79. The molecule has 20 heavy (non-hydrogen) atoms. The molecule has 0 aliphatic carbocycles. The van der Waals surface area contributed by atoms with Gasteiger partial charge in [-0.15, -0.1) is 0 Å². The Morgan fingerprint density at radius 1 is 1.55 bits per heavy atom. The second kappa shape index (κ2) is 6.61. The third kappa shape index (κ3) is 3.87. The molecule has 0 amide bonds. The smallest absolute Gasteiger partial charge is 0.309 e. The van der Waals surface area contributed by atoms with Gasteiger partial charge in [-0.2, -0.15) is 0 Å². The molecule has 110 valence electrons. The molecule has 5 nitrogen and oxygen atoms in total. The molecule has 1 atom stereocenters. The van der Waals surface area contributed by atoms with Crippen molar-refractivity contribution in [2.75, 3.05) is 7.11 Å². The van der Waals surface area contributed by atoms with Crippen LogP contribution in [0.1, 0.15) is 51.0 Å². The number of hydrogen-bond donors (Lipinski definition) is 2. The van der Waals surface area contributed by atoms with Crippen molar-refractivity contribution in [2.45, 2.75) is 39.7 Å². The minimum Gasteiger partial charge on any atom is -0.481 e. The van der Waals surface area contributed by atoms with Crippen molar-refractivity contribution in [3.8, 4) is 0 Å². The Hall–Kier alpha value is -1.75. The molecule has 0 spiro atoms. The summed E-state index contributed by atoms with van der Waals surface area (Å²) in [7, 11) is 1.60. The lowest BCUT2D eigenvalue weighted by Gasteiger charge is -2.20. The third-order valence-corrected chi connectivity index (χ3v) is 3.48. The zero-order chi connectivity index (χ0) is 15.3. The van der Waals surface area contributed by atoms with E-state index in [1.165, 1.54) is 0 Å². The fraction of sp³-hybridized carbons (Fsp3) is 0.533. The summed E-state index contributed by atoms with van der Waals surface area (Å²) in [6.45, 7) is 5.22. The standard InChI is InChI=1S/C15H22N2O3/c1-10(20-4)13-11(6-5-9-17-13)12(16)7-8-15(2,3)14(18)19/h5-6,9-10,16H,7-8H2,1-4H3,(H,18,19)/t10-/m0/s1. The summed E-state index contributed by atoms with van der Waals surface area (Å²) in [6, 6.07) is 3.60. The van der Waals surface area contributed by atoms with E-state index in [4.69, 9.17) is 15.3 Å². The number of carboxylic acids is 1. The van der Waals surface area contributed by atoms with E-state index >= 15 is 0 Å². The number of aromatic nitrogens is 1. The lowest BCUT2D eigenvalue weighted by atomic mass is 9.86. The topological polar surface area (TPSA) is 83.3 Å². The average molecular weight is 278 g/mol. The summed E-state index contributed by atoms with van der Waals surface area (Å²) in [5.74, 6) is -0.845. The Kier molecular flexibility index (Phi) is 5.39. The molecule has 2 N–H and O–H groups in total. The second-order valence-electron chi connectivity index (χ2n) is 5.48. The molecule has 0 fully saturated rings. The minimum atomic E-state index is -0.845. The van der Waals surface area contributed by atoms with Gasteiger partial charge in [0.05, 0.1) is 17.2 Å². The number of hydrogen-bond acceptors (Lipinski definition) is 4. The summed E-state index contributed by atoms with van der Waals surface area (Å²) in [4.78, 5) is 15.4. The summed E-state index contributed by atoms with van der Waals surface area (Å²) in [5.41, 5.74) is 1.00. The van der Waals surface area contributed by atoms with Gasteiger partial charge in [-0.3, -0.25) is 9.78 Å². The van der Waals surface area contributed by atoms with Crippen molar-refractivity contribution < 1.29 is 14.6 Å². The van der Waals surface area contributed by atoms with Gasteiger partial charge in [-0.1, -0.05) is 0 Å². The molecule has 1 rings (SSSR count). The number of nitrogens with one attached hydrogen (secondary N) is 1. The SMILES string of the molecule is CO[C@@H](C)c1ncccc1C(=N)CCC(C)(C)C(=O)O. The zero-order valence-electron chi connectivity index (χ0n) is 12.4. The highest BCUT2D eigenvalue weighted by atomic mass is 16.5. The largest absolute Gasteiger partial charge is 0.481 e. The van der Waals surface area contributed by atoms with E-state index in [0.717, 1.165) is 5.56 Å². The molecule has 0 aliphatic rings. The summed E-state index contributed by atoms with van der Waals surface area (Å²) >= 11 is 0. The van der Waals surface area contributed by atoms with Gasteiger partial charge in [0.1, 0.15) is 0 Å². The average Bonchev–Trinajstić information content (AvgIpc) is 2.43. The van der Waals surface area contributed by atoms with Crippen LogP contribution in [-0.4, -0.2) is 28.9 Å². The van der Waals surface area contributed by atoms with Crippen molar-refractivity contribution in [2.24, 2.45) is 5.41 Å². The van der Waals surface area contributed by atoms with E-state index in [2.05, 4.69) is 4.98 Å². The van der Waals surface area contributed by atoms with E-state index < -0.39 is 11.4 Å². The minimum absolute atomic E-state index is 0.195. The van der Waals surface area contributed by atoms with Gasteiger partial charge in [-0.25, -0.2) is 0 Å². The van der Waals surface area contributed by atoms with Crippen molar-refractivity contribution >= 4 is 11.7 Å². The fourth-order valence-corrected chi connectivity index (χ4v) is 1.79. The van der Waals surface area contributed by atoms with E-state index in [1.807, 2.05) is 13.0 Å². The lowest BCUT2D eigenvalue weighted by molar-refractivity contribution is -0.147. The number of pyridine rings is 1. The van der Waals surface area contributed by atoms with Gasteiger partial charge >= 0.3 is 5.97 Å². The maximum Gasteiger partial charge on any atom is 0.309 e. The summed E-state index contributed by atoms with van der Waals surface area (Å²) < 4.78 is 5.26. The quantitative estimate of drug-likeness (QED) is 0.751. The summed E-state index contributed by atoms with van der Waals surface area (Å²) in [6.07, 6.45) is 2.28. The Morgan fingerprint density at radius 3 is 2.75 bits per heavy atom. The molecule has 0 aliphatic heterocycles. The van der Waals surface area contributed by atoms with Crippen LogP contribution >= 0.6 is 0 Å². The Bertz CT molecular complexity index is 498. The molecule has 0 bridgehead atoms. The molecular formula is C15H22N2O3. The molecule has 5 heteroatoms. The zero-order valence-corrected chi connectivity index (χ0v) is 12.4. The lowest BCUT2D eigenvalue weighted by Crippen LogP contribution is -2.24. The van der Waals surface area contributed by atoms with Gasteiger partial charge in [0, 0.05) is 24.6 Å². The maximum absolute atomic E-state index is 11.1. The molecule has 0 saturated carbocycles.